The number of hydrogen-bond acceptors (Lipinski definition) is 3. The summed E-state index contributed by atoms with van der Waals surface area (Å²) in [5.41, 5.74) is 1.64. The summed E-state index contributed by atoms with van der Waals surface area (Å²) in [6.07, 6.45) is 2.04. The third-order valence-electron chi connectivity index (χ3n) is 2.44. The predicted octanol–water partition coefficient (Wildman–Crippen LogP) is 2.16. The highest BCUT2D eigenvalue weighted by Crippen LogP contribution is 2.19. The van der Waals surface area contributed by atoms with Crippen LogP contribution in [0.2, 0.25) is 5.15 Å². The topological polar surface area (TPSA) is 54.9 Å². The van der Waals surface area contributed by atoms with Crippen molar-refractivity contribution in [3.63, 3.8) is 0 Å². The average Bonchev–Trinajstić information content (AvgIpc) is 2.38. The summed E-state index contributed by atoms with van der Waals surface area (Å²) in [5, 5.41) is 3.94. The Morgan fingerprint density at radius 3 is 3.05 bits per heavy atom. The summed E-state index contributed by atoms with van der Waals surface area (Å²) in [4.78, 5) is 18.7. The van der Waals surface area contributed by atoms with Gasteiger partial charge in [-0.2, -0.15) is 0 Å². The molecule has 0 atom stereocenters. The first-order chi connectivity index (χ1) is 9.16. The van der Waals surface area contributed by atoms with Gasteiger partial charge >= 0.3 is 0 Å². The molecule has 0 radical (unpaired) electrons. The summed E-state index contributed by atoms with van der Waals surface area (Å²) in [6.45, 7) is 2.05. The zero-order valence-corrected chi connectivity index (χ0v) is 11.2. The van der Waals surface area contributed by atoms with Gasteiger partial charge in [-0.25, -0.2) is 9.97 Å². The molecule has 2 rings (SSSR count). The van der Waals surface area contributed by atoms with Crippen LogP contribution in [0.4, 0.5) is 0 Å². The maximum absolute atomic E-state index is 10.7. The van der Waals surface area contributed by atoms with Gasteiger partial charge in [0.1, 0.15) is 11.5 Å². The van der Waals surface area contributed by atoms with Crippen molar-refractivity contribution in [2.45, 2.75) is 13.3 Å². The second kappa shape index (κ2) is 6.17. The van der Waals surface area contributed by atoms with Crippen LogP contribution in [-0.2, 0) is 4.79 Å². The fourth-order valence-corrected chi connectivity index (χ4v) is 1.77. The van der Waals surface area contributed by atoms with Gasteiger partial charge in [0.2, 0.25) is 5.91 Å². The van der Waals surface area contributed by atoms with Crippen molar-refractivity contribution in [3.05, 3.63) is 35.2 Å². The number of carbonyl (C=O) groups is 1. The number of hydrogen-bond donors (Lipinski definition) is 1. The molecule has 0 aliphatic heterocycles. The van der Waals surface area contributed by atoms with Crippen LogP contribution >= 0.6 is 11.6 Å². The SMILES string of the molecule is CC(=O)NCCC#Cc1ccc2c(Cl)ncnc2c1. The molecule has 96 valence electrons. The predicted molar refractivity (Wildman–Crippen MR) is 74.7 cm³/mol. The van der Waals surface area contributed by atoms with Crippen LogP contribution in [0.1, 0.15) is 18.9 Å². The molecule has 1 aromatic heterocycles. The number of amides is 1. The van der Waals surface area contributed by atoms with E-state index in [1.807, 2.05) is 18.2 Å². The minimum absolute atomic E-state index is 0.0427. The number of fused-ring (bicyclic) bond motifs is 1. The number of rotatable bonds is 2. The molecule has 2 aromatic rings. The summed E-state index contributed by atoms with van der Waals surface area (Å²) in [5.74, 6) is 5.98. The van der Waals surface area contributed by atoms with Gasteiger partial charge in [-0.3, -0.25) is 4.79 Å². The third kappa shape index (κ3) is 3.67. The van der Waals surface area contributed by atoms with E-state index in [4.69, 9.17) is 11.6 Å². The molecule has 1 N–H and O–H groups in total. The van der Waals surface area contributed by atoms with Gasteiger partial charge < -0.3 is 5.32 Å². The lowest BCUT2D eigenvalue weighted by molar-refractivity contribution is -0.118. The van der Waals surface area contributed by atoms with Crippen LogP contribution in [0, 0.1) is 11.8 Å². The highest BCUT2D eigenvalue weighted by Gasteiger charge is 2.00. The molecule has 0 spiro atoms. The molecule has 0 saturated carbocycles. The lowest BCUT2D eigenvalue weighted by Crippen LogP contribution is -2.20. The molecule has 0 saturated heterocycles. The van der Waals surface area contributed by atoms with Crippen LogP contribution in [-0.4, -0.2) is 22.4 Å². The summed E-state index contributed by atoms with van der Waals surface area (Å²) < 4.78 is 0. The number of halogens is 1. The molecule has 1 aromatic carbocycles. The number of carbonyl (C=O) groups excluding carboxylic acids is 1. The van der Waals surface area contributed by atoms with Crippen LogP contribution < -0.4 is 5.32 Å². The van der Waals surface area contributed by atoms with Crippen LogP contribution in [0.15, 0.2) is 24.5 Å². The molecule has 0 bridgehead atoms. The van der Waals surface area contributed by atoms with Gasteiger partial charge in [-0.05, 0) is 18.2 Å². The Balaban J connectivity index is 2.10. The van der Waals surface area contributed by atoms with E-state index in [1.54, 1.807) is 0 Å². The maximum atomic E-state index is 10.7. The second-order valence-electron chi connectivity index (χ2n) is 3.93. The highest BCUT2D eigenvalue weighted by atomic mass is 35.5. The van der Waals surface area contributed by atoms with Crippen molar-refractivity contribution < 1.29 is 4.79 Å². The van der Waals surface area contributed by atoms with E-state index in [-0.39, 0.29) is 5.91 Å². The van der Waals surface area contributed by atoms with Crippen molar-refractivity contribution in [2.75, 3.05) is 6.54 Å². The fraction of sp³-hybridized carbons (Fsp3) is 0.214. The van der Waals surface area contributed by atoms with E-state index in [0.717, 1.165) is 16.5 Å². The Morgan fingerprint density at radius 1 is 1.42 bits per heavy atom. The van der Waals surface area contributed by atoms with Gasteiger partial charge in [-0.1, -0.05) is 23.4 Å². The maximum Gasteiger partial charge on any atom is 0.216 e. The zero-order valence-electron chi connectivity index (χ0n) is 10.4. The number of nitrogens with zero attached hydrogens (tertiary/aromatic N) is 2. The molecular weight excluding hydrogens is 262 g/mol. The van der Waals surface area contributed by atoms with Crippen molar-refractivity contribution >= 4 is 28.4 Å². The first kappa shape index (κ1) is 13.3. The zero-order chi connectivity index (χ0) is 13.7. The summed E-state index contributed by atoms with van der Waals surface area (Å²) in [6, 6.07) is 5.60. The lowest BCUT2D eigenvalue weighted by Gasteiger charge is -1.98. The highest BCUT2D eigenvalue weighted by molar-refractivity contribution is 6.34. The Labute approximate surface area is 116 Å². The van der Waals surface area contributed by atoms with Gasteiger partial charge in [0.25, 0.3) is 0 Å². The van der Waals surface area contributed by atoms with Crippen molar-refractivity contribution in [1.82, 2.24) is 15.3 Å². The number of nitrogens with one attached hydrogen (secondary N) is 1. The van der Waals surface area contributed by atoms with Crippen molar-refractivity contribution in [1.29, 1.82) is 0 Å². The Morgan fingerprint density at radius 2 is 2.26 bits per heavy atom. The summed E-state index contributed by atoms with van der Waals surface area (Å²) in [7, 11) is 0. The van der Waals surface area contributed by atoms with Gasteiger partial charge in [0.05, 0.1) is 5.52 Å². The van der Waals surface area contributed by atoms with Crippen molar-refractivity contribution in [2.24, 2.45) is 0 Å². The fourth-order valence-electron chi connectivity index (χ4n) is 1.57. The quantitative estimate of drug-likeness (QED) is 0.518. The number of benzene rings is 1. The van der Waals surface area contributed by atoms with Gasteiger partial charge in [-0.15, -0.1) is 0 Å². The normalized spacial score (nSPS) is 9.79. The minimum Gasteiger partial charge on any atom is -0.355 e. The number of aromatic nitrogens is 2. The molecular formula is C14H12ClN3O. The Hall–Kier alpha value is -2.12. The van der Waals surface area contributed by atoms with E-state index in [0.29, 0.717) is 18.1 Å². The first-order valence-corrected chi connectivity index (χ1v) is 6.18. The third-order valence-corrected chi connectivity index (χ3v) is 2.75. The molecule has 1 amide bonds. The standard InChI is InChI=1S/C14H12ClN3O/c1-10(19)16-7-3-2-4-11-5-6-12-13(8-11)17-9-18-14(12)15/h5-6,8-9H,3,7H2,1H3,(H,16,19). The largest absolute Gasteiger partial charge is 0.355 e. The molecule has 19 heavy (non-hydrogen) atoms. The van der Waals surface area contributed by atoms with E-state index >= 15 is 0 Å². The molecule has 0 aliphatic rings. The van der Waals surface area contributed by atoms with Gasteiger partial charge in [0.15, 0.2) is 0 Å². The van der Waals surface area contributed by atoms with E-state index < -0.39 is 0 Å². The molecule has 0 aliphatic carbocycles. The van der Waals surface area contributed by atoms with E-state index in [1.165, 1.54) is 13.3 Å². The molecule has 0 fully saturated rings. The monoisotopic (exact) mass is 273 g/mol. The van der Waals surface area contributed by atoms with Gasteiger partial charge in [0, 0.05) is 30.8 Å². The van der Waals surface area contributed by atoms with E-state index in [9.17, 15) is 4.79 Å². The van der Waals surface area contributed by atoms with Crippen LogP contribution in [0.3, 0.4) is 0 Å². The second-order valence-corrected chi connectivity index (χ2v) is 4.29. The molecule has 4 nitrogen and oxygen atoms in total. The minimum atomic E-state index is -0.0427. The summed E-state index contributed by atoms with van der Waals surface area (Å²) >= 11 is 5.96. The first-order valence-electron chi connectivity index (χ1n) is 5.80. The van der Waals surface area contributed by atoms with Crippen LogP contribution in [0.25, 0.3) is 10.9 Å². The Bertz CT molecular complexity index is 673. The molecule has 0 unspecified atom stereocenters. The van der Waals surface area contributed by atoms with Crippen LogP contribution in [0.5, 0.6) is 0 Å². The average molecular weight is 274 g/mol. The van der Waals surface area contributed by atoms with Crippen molar-refractivity contribution in [3.8, 4) is 11.8 Å². The lowest BCUT2D eigenvalue weighted by atomic mass is 10.1. The Kier molecular flexibility index (Phi) is 4.32. The van der Waals surface area contributed by atoms with E-state index in [2.05, 4.69) is 27.1 Å². The molecule has 5 heteroatoms. The molecule has 1 heterocycles. The smallest absolute Gasteiger partial charge is 0.216 e.